The van der Waals surface area contributed by atoms with Gasteiger partial charge in [-0.05, 0) is 85.5 Å². The second kappa shape index (κ2) is 18.7. The topological polar surface area (TPSA) is 135 Å². The van der Waals surface area contributed by atoms with E-state index in [-0.39, 0.29) is 42.3 Å². The van der Waals surface area contributed by atoms with Crippen LogP contribution < -0.4 is 10.7 Å². The molecule has 3 heterocycles. The smallest absolute Gasteiger partial charge is 0.293 e. The monoisotopic (exact) mass is 766 g/mol. The van der Waals surface area contributed by atoms with Gasteiger partial charge in [0.15, 0.2) is 0 Å². The predicted molar refractivity (Wildman–Crippen MR) is 218 cm³/mol. The number of carbonyl (C=O) groups is 4. The average molecular weight is 767 g/mol. The molecule has 1 saturated heterocycles. The van der Waals surface area contributed by atoms with Crippen LogP contribution in [0.4, 0.5) is 0 Å². The van der Waals surface area contributed by atoms with Crippen molar-refractivity contribution in [3.63, 3.8) is 0 Å². The molecule has 12 nitrogen and oxygen atoms in total. The summed E-state index contributed by atoms with van der Waals surface area (Å²) in [6.45, 7) is 14.8. The predicted octanol–water partition coefficient (Wildman–Crippen LogP) is 6.11. The molecular formula is C44H58N6O6. The summed E-state index contributed by atoms with van der Waals surface area (Å²) in [5, 5.41) is 5.71. The first-order valence-electron chi connectivity index (χ1n) is 19.6. The molecule has 300 valence electrons. The van der Waals surface area contributed by atoms with Crippen molar-refractivity contribution in [2.75, 3.05) is 33.9 Å². The Morgan fingerprint density at radius 1 is 1.05 bits per heavy atom. The van der Waals surface area contributed by atoms with Crippen LogP contribution in [0.25, 0.3) is 33.3 Å². The summed E-state index contributed by atoms with van der Waals surface area (Å²) in [6.07, 6.45) is 4.94. The van der Waals surface area contributed by atoms with Crippen LogP contribution in [0.5, 0.6) is 0 Å². The van der Waals surface area contributed by atoms with Gasteiger partial charge in [0.05, 0.1) is 24.1 Å². The van der Waals surface area contributed by atoms with Gasteiger partial charge in [-0.25, -0.2) is 5.43 Å². The third-order valence-electron chi connectivity index (χ3n) is 10.7. The van der Waals surface area contributed by atoms with E-state index >= 15 is 0 Å². The third-order valence-corrected chi connectivity index (χ3v) is 10.7. The Bertz CT molecular complexity index is 2000. The highest BCUT2D eigenvalue weighted by Crippen LogP contribution is 2.41. The second-order valence-corrected chi connectivity index (χ2v) is 15.9. The molecule has 0 bridgehead atoms. The maximum atomic E-state index is 14.0. The van der Waals surface area contributed by atoms with Gasteiger partial charge >= 0.3 is 0 Å². The fourth-order valence-electron chi connectivity index (χ4n) is 7.92. The van der Waals surface area contributed by atoms with E-state index in [9.17, 15) is 19.2 Å². The van der Waals surface area contributed by atoms with Gasteiger partial charge in [0, 0.05) is 68.3 Å². The number of fused-ring (bicyclic) bond motifs is 1. The fourth-order valence-corrected chi connectivity index (χ4v) is 7.92. The molecule has 2 aromatic carbocycles. The van der Waals surface area contributed by atoms with E-state index in [1.807, 2.05) is 39.0 Å². The van der Waals surface area contributed by atoms with Gasteiger partial charge in [0.1, 0.15) is 12.1 Å². The number of rotatable bonds is 18. The van der Waals surface area contributed by atoms with Gasteiger partial charge in [-0.2, -0.15) is 0 Å². The summed E-state index contributed by atoms with van der Waals surface area (Å²) < 4.78 is 13.4. The largest absolute Gasteiger partial charge is 0.467 e. The molecule has 1 fully saturated rings. The van der Waals surface area contributed by atoms with Gasteiger partial charge in [0.25, 0.3) is 12.4 Å². The second-order valence-electron chi connectivity index (χ2n) is 15.9. The molecule has 0 aliphatic carbocycles. The van der Waals surface area contributed by atoms with Crippen LogP contribution >= 0.6 is 0 Å². The minimum absolute atomic E-state index is 0.156. The molecule has 1 aliphatic rings. The third kappa shape index (κ3) is 9.47. The zero-order valence-corrected chi connectivity index (χ0v) is 34.1. The number of likely N-dealkylation sites (N-methyl/N-ethyl adjacent to an activating group) is 1. The van der Waals surface area contributed by atoms with E-state index in [0.29, 0.717) is 32.4 Å². The van der Waals surface area contributed by atoms with Gasteiger partial charge in [0.2, 0.25) is 12.3 Å². The Morgan fingerprint density at radius 2 is 1.82 bits per heavy atom. The Morgan fingerprint density at radius 3 is 2.48 bits per heavy atom. The number of aromatic nitrogens is 2. The molecule has 0 saturated carbocycles. The minimum Gasteiger partial charge on any atom is -0.467 e. The molecule has 3 atom stereocenters. The van der Waals surface area contributed by atoms with E-state index in [0.717, 1.165) is 69.5 Å². The van der Waals surface area contributed by atoms with Crippen LogP contribution in [0.15, 0.2) is 60.8 Å². The number of ether oxygens (including phenoxy) is 2. The molecule has 2 aromatic heterocycles. The number of hydrogen-bond donors (Lipinski definition) is 2. The summed E-state index contributed by atoms with van der Waals surface area (Å²) >= 11 is 0. The van der Waals surface area contributed by atoms with Gasteiger partial charge in [-0.15, -0.1) is 0 Å². The standard InChI is InChI=1S/C44H58N6O6/c1-9-49-38-18-17-33(24-35(38)36(25-44(5,6)26-56-28-52)41(49)34-16-13-19-45-39(34)30(4)55-8)32-15-12-14-31(22-32)23-37(43(54)50-21-11-10-20-46-50)47-42(53)40(29(2)3)48(7)27-51/h12-19,22,24,27-30,37,40,46H,9-11,20-21,23,25-26H2,1-8H3,(H,47,53). The van der Waals surface area contributed by atoms with Crippen molar-refractivity contribution in [3.05, 3.63) is 77.6 Å². The molecule has 56 heavy (non-hydrogen) atoms. The molecular weight excluding hydrogens is 709 g/mol. The maximum absolute atomic E-state index is 14.0. The summed E-state index contributed by atoms with van der Waals surface area (Å²) in [7, 11) is 3.27. The van der Waals surface area contributed by atoms with Crippen molar-refractivity contribution in [2.24, 2.45) is 11.3 Å². The highest BCUT2D eigenvalue weighted by Gasteiger charge is 2.33. The fraction of sp³-hybridized carbons (Fsp3) is 0.477. The molecule has 12 heteroatoms. The van der Waals surface area contributed by atoms with Crippen molar-refractivity contribution in [2.45, 2.75) is 92.0 Å². The molecule has 4 aromatic rings. The first-order valence-corrected chi connectivity index (χ1v) is 19.6. The number of pyridine rings is 1. The van der Waals surface area contributed by atoms with Crippen LogP contribution in [-0.4, -0.2) is 90.1 Å². The van der Waals surface area contributed by atoms with Crippen LogP contribution in [0.2, 0.25) is 0 Å². The minimum atomic E-state index is -0.848. The van der Waals surface area contributed by atoms with Gasteiger partial charge in [-0.1, -0.05) is 58.0 Å². The molecule has 5 rings (SSSR count). The quantitative estimate of drug-likeness (QED) is 0.116. The normalized spacial score (nSPS) is 15.0. The Labute approximate surface area is 330 Å². The number of hydrogen-bond acceptors (Lipinski definition) is 8. The number of benzene rings is 2. The number of carbonyl (C=O) groups excluding carboxylic acids is 4. The first kappa shape index (κ1) is 42.1. The number of amides is 3. The summed E-state index contributed by atoms with van der Waals surface area (Å²) in [4.78, 5) is 56.7. The number of nitrogens with one attached hydrogen (secondary N) is 2. The maximum Gasteiger partial charge on any atom is 0.293 e. The van der Waals surface area contributed by atoms with Crippen molar-refractivity contribution in [1.82, 2.24) is 30.2 Å². The zero-order valence-electron chi connectivity index (χ0n) is 34.1. The van der Waals surface area contributed by atoms with Crippen LogP contribution in [-0.2, 0) is 48.0 Å². The van der Waals surface area contributed by atoms with Gasteiger partial charge < -0.3 is 24.3 Å². The van der Waals surface area contributed by atoms with Crippen molar-refractivity contribution in [1.29, 1.82) is 0 Å². The van der Waals surface area contributed by atoms with E-state index in [1.165, 1.54) is 4.90 Å². The van der Waals surface area contributed by atoms with Crippen LogP contribution in [0.3, 0.4) is 0 Å². The zero-order chi connectivity index (χ0) is 40.6. The molecule has 0 spiro atoms. The first-order chi connectivity index (χ1) is 26.8. The highest BCUT2D eigenvalue weighted by molar-refractivity contribution is 5.95. The van der Waals surface area contributed by atoms with Crippen molar-refractivity contribution in [3.8, 4) is 22.4 Å². The van der Waals surface area contributed by atoms with E-state index in [1.54, 1.807) is 25.4 Å². The van der Waals surface area contributed by atoms with E-state index in [2.05, 4.69) is 72.5 Å². The van der Waals surface area contributed by atoms with Crippen LogP contribution in [0, 0.1) is 11.3 Å². The molecule has 2 N–H and O–H groups in total. The molecule has 3 amide bonds. The Balaban J connectivity index is 1.59. The Kier molecular flexibility index (Phi) is 14.1. The van der Waals surface area contributed by atoms with Crippen LogP contribution in [0.1, 0.15) is 77.3 Å². The lowest BCUT2D eigenvalue weighted by Crippen LogP contribution is -2.58. The highest BCUT2D eigenvalue weighted by atomic mass is 16.5. The summed E-state index contributed by atoms with van der Waals surface area (Å²) in [5.74, 6) is -0.733. The number of hydrazine groups is 1. The number of methoxy groups -OCH3 is 1. The molecule has 0 radical (unpaired) electrons. The van der Waals surface area contributed by atoms with E-state index < -0.39 is 12.1 Å². The SMILES string of the molecule is CCn1c(-c2cccnc2C(C)OC)c(CC(C)(C)COC=O)c2cc(-c3cccc(CC(NC(=O)C(C(C)C)N(C)C=O)C(=O)N4CCCCN4)c3)ccc21. The lowest BCUT2D eigenvalue weighted by Gasteiger charge is -2.33. The van der Waals surface area contributed by atoms with Gasteiger partial charge in [-0.3, -0.25) is 29.2 Å². The van der Waals surface area contributed by atoms with E-state index in [4.69, 9.17) is 14.5 Å². The lowest BCUT2D eigenvalue weighted by atomic mass is 9.84. The lowest BCUT2D eigenvalue weighted by molar-refractivity contribution is -0.142. The Hall–Kier alpha value is -5.07. The average Bonchev–Trinajstić information content (AvgIpc) is 3.50. The summed E-state index contributed by atoms with van der Waals surface area (Å²) in [5.41, 5.74) is 10.8. The van der Waals surface area contributed by atoms with Crippen molar-refractivity contribution < 1.29 is 28.7 Å². The number of aryl methyl sites for hydroxylation is 1. The number of nitrogens with zero attached hydrogens (tertiary/aromatic N) is 4. The molecule has 1 aliphatic heterocycles. The molecule has 3 unspecified atom stereocenters. The van der Waals surface area contributed by atoms with Crippen molar-refractivity contribution >= 4 is 35.6 Å². The summed E-state index contributed by atoms with van der Waals surface area (Å²) in [6, 6.07) is 17.1.